The number of hydrogen-bond acceptors (Lipinski definition) is 3. The Balaban J connectivity index is 2.33. The van der Waals surface area contributed by atoms with E-state index in [1.54, 1.807) is 13.8 Å². The molecule has 0 aromatic heterocycles. The van der Waals surface area contributed by atoms with E-state index in [-0.39, 0.29) is 10.9 Å². The number of nitrogens with one attached hydrogen (secondary N) is 1. The lowest BCUT2D eigenvalue weighted by molar-refractivity contribution is -0.0645. The zero-order valence-electron chi connectivity index (χ0n) is 12.1. The van der Waals surface area contributed by atoms with Crippen LogP contribution >= 0.6 is 0 Å². The fraction of sp³-hybridized carbons (Fsp3) is 0.571. The average molecular weight is 301 g/mol. The van der Waals surface area contributed by atoms with Gasteiger partial charge in [-0.3, -0.25) is 0 Å². The molecule has 0 spiro atoms. The molecular formula is C14H20FNO3S. The molecule has 0 saturated heterocycles. The average Bonchev–Trinajstić information content (AvgIpc) is 2.26. The smallest absolute Gasteiger partial charge is 0.241 e. The molecule has 6 heteroatoms. The van der Waals surface area contributed by atoms with Gasteiger partial charge >= 0.3 is 0 Å². The molecule has 20 heavy (non-hydrogen) atoms. The summed E-state index contributed by atoms with van der Waals surface area (Å²) in [5.41, 5.74) is 0.273. The van der Waals surface area contributed by atoms with Gasteiger partial charge in [0.15, 0.2) is 0 Å². The highest BCUT2D eigenvalue weighted by atomic mass is 32.2. The molecule has 1 saturated carbocycles. The van der Waals surface area contributed by atoms with Crippen LogP contribution in [0, 0.1) is 25.1 Å². The minimum Gasteiger partial charge on any atom is -0.392 e. The molecule has 1 fully saturated rings. The predicted octanol–water partition coefficient (Wildman–Crippen LogP) is 1.88. The van der Waals surface area contributed by atoms with Crippen LogP contribution in [0.3, 0.4) is 0 Å². The summed E-state index contributed by atoms with van der Waals surface area (Å²) in [4.78, 5) is 0.121. The summed E-state index contributed by atoms with van der Waals surface area (Å²) in [6.45, 7) is 6.79. The Hall–Kier alpha value is -0.980. The van der Waals surface area contributed by atoms with Crippen molar-refractivity contribution in [2.24, 2.45) is 5.41 Å². The van der Waals surface area contributed by atoms with Crippen LogP contribution in [0.2, 0.25) is 0 Å². The molecule has 1 aromatic carbocycles. The monoisotopic (exact) mass is 301 g/mol. The minimum absolute atomic E-state index is 0.121. The van der Waals surface area contributed by atoms with Crippen molar-refractivity contribution in [2.45, 2.75) is 51.2 Å². The Labute approximate surface area is 119 Å². The van der Waals surface area contributed by atoms with Gasteiger partial charge in [-0.15, -0.1) is 0 Å². The number of sulfonamides is 1. The van der Waals surface area contributed by atoms with E-state index in [0.717, 1.165) is 0 Å². The summed E-state index contributed by atoms with van der Waals surface area (Å²) in [6, 6.07) is 2.11. The number of aliphatic hydroxyl groups excluding tert-OH is 1. The van der Waals surface area contributed by atoms with E-state index < -0.39 is 27.4 Å². The minimum atomic E-state index is -3.72. The zero-order chi connectivity index (χ0) is 15.3. The van der Waals surface area contributed by atoms with Crippen LogP contribution in [-0.2, 0) is 10.0 Å². The van der Waals surface area contributed by atoms with Crippen molar-refractivity contribution >= 4 is 10.0 Å². The molecule has 2 rings (SSSR count). The summed E-state index contributed by atoms with van der Waals surface area (Å²) in [5, 5.41) is 9.67. The van der Waals surface area contributed by atoms with Gasteiger partial charge in [-0.05, 0) is 43.5 Å². The van der Waals surface area contributed by atoms with E-state index >= 15 is 0 Å². The third-order valence-corrected chi connectivity index (χ3v) is 5.98. The highest BCUT2D eigenvalue weighted by molar-refractivity contribution is 7.89. The first-order chi connectivity index (χ1) is 9.05. The Morgan fingerprint density at radius 3 is 2.20 bits per heavy atom. The molecule has 112 valence electrons. The van der Waals surface area contributed by atoms with Crippen LogP contribution in [0.15, 0.2) is 17.0 Å². The number of rotatable bonds is 3. The normalized spacial score (nSPS) is 25.3. The molecule has 0 bridgehead atoms. The number of aliphatic hydroxyl groups is 1. The summed E-state index contributed by atoms with van der Waals surface area (Å²) < 4.78 is 40.8. The third kappa shape index (κ3) is 2.47. The summed E-state index contributed by atoms with van der Waals surface area (Å²) in [5.74, 6) is -0.446. The van der Waals surface area contributed by atoms with Crippen LogP contribution < -0.4 is 4.72 Å². The van der Waals surface area contributed by atoms with Crippen molar-refractivity contribution in [1.82, 2.24) is 4.72 Å². The molecule has 2 unspecified atom stereocenters. The van der Waals surface area contributed by atoms with Gasteiger partial charge in [0.1, 0.15) is 5.82 Å². The van der Waals surface area contributed by atoms with Crippen molar-refractivity contribution < 1.29 is 17.9 Å². The second-order valence-electron chi connectivity index (χ2n) is 6.12. The van der Waals surface area contributed by atoms with Crippen molar-refractivity contribution in [3.05, 3.63) is 29.1 Å². The molecule has 0 amide bonds. The maximum atomic E-state index is 13.3. The fourth-order valence-electron chi connectivity index (χ4n) is 2.67. The van der Waals surface area contributed by atoms with E-state index in [9.17, 15) is 17.9 Å². The lowest BCUT2D eigenvalue weighted by atomic mass is 9.65. The quantitative estimate of drug-likeness (QED) is 0.896. The van der Waals surface area contributed by atoms with Gasteiger partial charge in [0, 0.05) is 11.5 Å². The molecule has 2 atom stereocenters. The van der Waals surface area contributed by atoms with Gasteiger partial charge < -0.3 is 5.11 Å². The Bertz CT molecular complexity index is 617. The zero-order valence-corrected chi connectivity index (χ0v) is 12.9. The maximum absolute atomic E-state index is 13.3. The first-order valence-corrected chi connectivity index (χ1v) is 8.01. The Morgan fingerprint density at radius 2 is 1.80 bits per heavy atom. The largest absolute Gasteiger partial charge is 0.392 e. The van der Waals surface area contributed by atoms with E-state index in [1.807, 2.05) is 13.8 Å². The predicted molar refractivity (Wildman–Crippen MR) is 74.4 cm³/mol. The van der Waals surface area contributed by atoms with Gasteiger partial charge in [-0.2, -0.15) is 0 Å². The molecule has 1 aromatic rings. The second kappa shape index (κ2) is 4.79. The standard InChI is InChI=1S/C14H20FNO3S/c1-8-5-10(15)6-9(2)13(8)20(18,19)16-11-7-12(17)14(11,3)4/h5-6,11-12,16-17H,7H2,1-4H3. The molecule has 1 aliphatic rings. The van der Waals surface area contributed by atoms with Crippen LogP contribution in [0.25, 0.3) is 0 Å². The highest BCUT2D eigenvalue weighted by Gasteiger charge is 2.49. The summed E-state index contributed by atoms with van der Waals surface area (Å²) in [7, 11) is -3.72. The number of benzene rings is 1. The third-order valence-electron chi connectivity index (χ3n) is 4.21. The van der Waals surface area contributed by atoms with Gasteiger partial charge in [0.25, 0.3) is 0 Å². The van der Waals surface area contributed by atoms with Crippen molar-refractivity contribution in [2.75, 3.05) is 0 Å². The van der Waals surface area contributed by atoms with E-state index in [4.69, 9.17) is 0 Å². The number of hydrogen-bond donors (Lipinski definition) is 2. The molecule has 0 radical (unpaired) electrons. The van der Waals surface area contributed by atoms with Crippen molar-refractivity contribution in [3.63, 3.8) is 0 Å². The van der Waals surface area contributed by atoms with E-state index in [1.165, 1.54) is 12.1 Å². The number of halogens is 1. The molecule has 0 aliphatic heterocycles. The van der Waals surface area contributed by atoms with Crippen LogP contribution in [0.4, 0.5) is 4.39 Å². The van der Waals surface area contributed by atoms with Crippen LogP contribution in [0.5, 0.6) is 0 Å². The maximum Gasteiger partial charge on any atom is 0.241 e. The summed E-state index contributed by atoms with van der Waals surface area (Å²) in [6.07, 6.45) is -0.114. The van der Waals surface area contributed by atoms with E-state index in [2.05, 4.69) is 4.72 Å². The molecule has 1 aliphatic carbocycles. The first kappa shape index (κ1) is 15.4. The first-order valence-electron chi connectivity index (χ1n) is 6.53. The topological polar surface area (TPSA) is 66.4 Å². The fourth-order valence-corrected chi connectivity index (χ4v) is 4.53. The lowest BCUT2D eigenvalue weighted by Gasteiger charge is -2.49. The highest BCUT2D eigenvalue weighted by Crippen LogP contribution is 2.41. The second-order valence-corrected chi connectivity index (χ2v) is 7.77. The van der Waals surface area contributed by atoms with Gasteiger partial charge in [0.2, 0.25) is 10.0 Å². The van der Waals surface area contributed by atoms with Crippen LogP contribution in [-0.4, -0.2) is 25.7 Å². The van der Waals surface area contributed by atoms with Crippen LogP contribution in [0.1, 0.15) is 31.4 Å². The number of aryl methyl sites for hydroxylation is 2. The Morgan fingerprint density at radius 1 is 1.30 bits per heavy atom. The molecule has 4 nitrogen and oxygen atoms in total. The Kier molecular flexibility index (Phi) is 3.69. The SMILES string of the molecule is Cc1cc(F)cc(C)c1S(=O)(=O)NC1CC(O)C1(C)C. The molecular weight excluding hydrogens is 281 g/mol. The van der Waals surface area contributed by atoms with E-state index in [0.29, 0.717) is 17.5 Å². The van der Waals surface area contributed by atoms with Gasteiger partial charge in [-0.25, -0.2) is 17.5 Å². The van der Waals surface area contributed by atoms with Gasteiger partial charge in [0.05, 0.1) is 11.0 Å². The summed E-state index contributed by atoms with van der Waals surface area (Å²) >= 11 is 0. The lowest BCUT2D eigenvalue weighted by Crippen LogP contribution is -2.61. The molecule has 0 heterocycles. The molecule has 2 N–H and O–H groups in total. The van der Waals surface area contributed by atoms with Gasteiger partial charge in [-0.1, -0.05) is 13.8 Å². The van der Waals surface area contributed by atoms with Crippen molar-refractivity contribution in [1.29, 1.82) is 0 Å². The van der Waals surface area contributed by atoms with Crippen molar-refractivity contribution in [3.8, 4) is 0 Å².